The molecule has 19 heavy (non-hydrogen) atoms. The Labute approximate surface area is 116 Å². The lowest BCUT2D eigenvalue weighted by molar-refractivity contribution is 0.0698. The Balaban J connectivity index is 2.29. The topological polar surface area (TPSA) is 72.5 Å². The Morgan fingerprint density at radius 3 is 2.58 bits per heavy atom. The van der Waals surface area contributed by atoms with Gasteiger partial charge in [-0.05, 0) is 46.3 Å². The molecule has 6 heteroatoms. The van der Waals surface area contributed by atoms with E-state index in [0.717, 1.165) is 0 Å². The molecule has 0 saturated heterocycles. The first kappa shape index (κ1) is 13.4. The number of hydrogen-bond acceptors (Lipinski definition) is 3. The predicted molar refractivity (Wildman–Crippen MR) is 72.0 cm³/mol. The third-order valence-electron chi connectivity index (χ3n) is 2.38. The van der Waals surface area contributed by atoms with Crippen molar-refractivity contribution in [1.29, 1.82) is 0 Å². The second-order valence-corrected chi connectivity index (χ2v) is 4.59. The summed E-state index contributed by atoms with van der Waals surface area (Å²) in [5, 5.41) is 8.85. The van der Waals surface area contributed by atoms with Crippen molar-refractivity contribution in [3.05, 3.63) is 52.3 Å². The summed E-state index contributed by atoms with van der Waals surface area (Å²) >= 11 is 3.17. The number of carboxylic acid groups (broad SMARTS) is 1. The van der Waals surface area contributed by atoms with Crippen LogP contribution in [0.5, 0.6) is 11.5 Å². The summed E-state index contributed by atoms with van der Waals surface area (Å²) in [4.78, 5) is 10.8. The highest BCUT2D eigenvalue weighted by Crippen LogP contribution is 2.31. The Bertz CT molecular complexity index is 646. The molecule has 0 aliphatic heterocycles. The molecule has 0 amide bonds. The number of nitrogens with two attached hydrogens (primary N) is 1. The fourth-order valence-electron chi connectivity index (χ4n) is 1.48. The minimum Gasteiger partial charge on any atom is -0.478 e. The molecule has 0 atom stereocenters. The van der Waals surface area contributed by atoms with Gasteiger partial charge >= 0.3 is 5.97 Å². The molecule has 0 saturated carbocycles. The van der Waals surface area contributed by atoms with Crippen molar-refractivity contribution in [2.45, 2.75) is 0 Å². The van der Waals surface area contributed by atoms with Gasteiger partial charge in [0.2, 0.25) is 0 Å². The van der Waals surface area contributed by atoms with Crippen LogP contribution in [-0.4, -0.2) is 11.1 Å². The summed E-state index contributed by atoms with van der Waals surface area (Å²) in [5.74, 6) is -0.717. The first-order chi connectivity index (χ1) is 8.97. The van der Waals surface area contributed by atoms with Crippen molar-refractivity contribution in [3.63, 3.8) is 0 Å². The number of anilines is 1. The molecule has 2 aromatic carbocycles. The Hall–Kier alpha value is -2.08. The molecule has 0 spiro atoms. The van der Waals surface area contributed by atoms with Gasteiger partial charge in [0.05, 0.1) is 10.0 Å². The summed E-state index contributed by atoms with van der Waals surface area (Å²) < 4.78 is 18.9. The van der Waals surface area contributed by atoms with E-state index >= 15 is 0 Å². The van der Waals surface area contributed by atoms with Gasteiger partial charge in [0.1, 0.15) is 17.3 Å². The van der Waals surface area contributed by atoms with E-state index < -0.39 is 5.97 Å². The zero-order valence-corrected chi connectivity index (χ0v) is 11.1. The quantitative estimate of drug-likeness (QED) is 0.844. The number of benzene rings is 2. The van der Waals surface area contributed by atoms with Crippen LogP contribution < -0.4 is 10.5 Å². The fraction of sp³-hybridized carbons (Fsp3) is 0. The van der Waals surface area contributed by atoms with Gasteiger partial charge in [-0.2, -0.15) is 0 Å². The van der Waals surface area contributed by atoms with Gasteiger partial charge in [-0.25, -0.2) is 9.18 Å². The minimum absolute atomic E-state index is 0.00511. The summed E-state index contributed by atoms with van der Waals surface area (Å²) in [6, 6.07) is 8.22. The van der Waals surface area contributed by atoms with Gasteiger partial charge in [0, 0.05) is 11.8 Å². The smallest absolute Gasteiger partial charge is 0.337 e. The van der Waals surface area contributed by atoms with E-state index in [1.807, 2.05) is 0 Å². The van der Waals surface area contributed by atoms with Crippen LogP contribution in [-0.2, 0) is 0 Å². The van der Waals surface area contributed by atoms with Crippen LogP contribution in [0.3, 0.4) is 0 Å². The molecule has 3 N–H and O–H groups in total. The number of halogens is 2. The molecule has 2 rings (SSSR count). The largest absolute Gasteiger partial charge is 0.478 e. The van der Waals surface area contributed by atoms with E-state index in [4.69, 9.17) is 15.6 Å². The lowest BCUT2D eigenvalue weighted by Crippen LogP contribution is -2.02. The molecule has 0 aliphatic rings. The van der Waals surface area contributed by atoms with Gasteiger partial charge in [-0.1, -0.05) is 0 Å². The molecular formula is C13H9BrFNO3. The van der Waals surface area contributed by atoms with Crippen LogP contribution in [0.2, 0.25) is 0 Å². The molecule has 0 unspecified atom stereocenters. The summed E-state index contributed by atoms with van der Waals surface area (Å²) in [6.07, 6.45) is 0. The molecule has 0 bridgehead atoms. The third kappa shape index (κ3) is 3.03. The van der Waals surface area contributed by atoms with Crippen LogP contribution >= 0.6 is 15.9 Å². The van der Waals surface area contributed by atoms with Gasteiger partial charge in [0.25, 0.3) is 0 Å². The van der Waals surface area contributed by atoms with Crippen LogP contribution in [0.1, 0.15) is 10.4 Å². The minimum atomic E-state index is -1.10. The first-order valence-corrected chi connectivity index (χ1v) is 6.02. The summed E-state index contributed by atoms with van der Waals surface area (Å²) in [6.45, 7) is 0. The number of hydrogen-bond donors (Lipinski definition) is 2. The van der Waals surface area contributed by atoms with E-state index in [0.29, 0.717) is 16.0 Å². The zero-order valence-electron chi connectivity index (χ0n) is 9.56. The van der Waals surface area contributed by atoms with Crippen molar-refractivity contribution in [2.75, 3.05) is 5.73 Å². The van der Waals surface area contributed by atoms with E-state index in [1.165, 1.54) is 36.4 Å². The molecule has 4 nitrogen and oxygen atoms in total. The molecule has 0 radical (unpaired) electrons. The SMILES string of the molecule is Nc1cc(Oc2ccc(F)cc2Br)ccc1C(=O)O. The van der Waals surface area contributed by atoms with E-state index in [9.17, 15) is 9.18 Å². The first-order valence-electron chi connectivity index (χ1n) is 5.23. The van der Waals surface area contributed by atoms with Gasteiger partial charge in [-0.15, -0.1) is 0 Å². The van der Waals surface area contributed by atoms with Gasteiger partial charge in [0.15, 0.2) is 0 Å². The lowest BCUT2D eigenvalue weighted by Gasteiger charge is -2.09. The average Bonchev–Trinajstić information content (AvgIpc) is 2.32. The number of ether oxygens (including phenoxy) is 1. The maximum absolute atomic E-state index is 12.9. The maximum Gasteiger partial charge on any atom is 0.337 e. The van der Waals surface area contributed by atoms with Crippen LogP contribution in [0.25, 0.3) is 0 Å². The molecule has 98 valence electrons. The van der Waals surface area contributed by atoms with Gasteiger partial charge in [-0.3, -0.25) is 0 Å². The highest BCUT2D eigenvalue weighted by molar-refractivity contribution is 9.10. The van der Waals surface area contributed by atoms with Crippen LogP contribution in [0.15, 0.2) is 40.9 Å². The highest BCUT2D eigenvalue weighted by Gasteiger charge is 2.10. The Morgan fingerprint density at radius 1 is 1.26 bits per heavy atom. The number of nitrogen functional groups attached to an aromatic ring is 1. The van der Waals surface area contributed by atoms with E-state index in [2.05, 4.69) is 15.9 Å². The number of aromatic carboxylic acids is 1. The molecule has 0 aliphatic carbocycles. The van der Waals surface area contributed by atoms with Crippen molar-refractivity contribution in [3.8, 4) is 11.5 Å². The predicted octanol–water partition coefficient (Wildman–Crippen LogP) is 3.66. The number of carbonyl (C=O) groups is 1. The lowest BCUT2D eigenvalue weighted by atomic mass is 10.2. The number of rotatable bonds is 3. The summed E-state index contributed by atoms with van der Waals surface area (Å²) in [7, 11) is 0. The van der Waals surface area contributed by atoms with Crippen LogP contribution in [0, 0.1) is 5.82 Å². The van der Waals surface area contributed by atoms with Crippen molar-refractivity contribution in [2.24, 2.45) is 0 Å². The Kier molecular flexibility index (Phi) is 3.71. The normalized spacial score (nSPS) is 10.2. The van der Waals surface area contributed by atoms with E-state index in [1.54, 1.807) is 0 Å². The standard InChI is InChI=1S/C13H9BrFNO3/c14-10-5-7(15)1-4-12(10)19-8-2-3-9(13(17)18)11(16)6-8/h1-6H,16H2,(H,17,18). The van der Waals surface area contributed by atoms with Crippen molar-refractivity contribution < 1.29 is 19.0 Å². The zero-order chi connectivity index (χ0) is 14.0. The average molecular weight is 326 g/mol. The molecule has 2 aromatic rings. The van der Waals surface area contributed by atoms with Crippen molar-refractivity contribution in [1.82, 2.24) is 0 Å². The second kappa shape index (κ2) is 5.27. The summed E-state index contributed by atoms with van der Waals surface area (Å²) in [5.41, 5.74) is 5.71. The molecule has 0 fully saturated rings. The Morgan fingerprint density at radius 2 is 2.00 bits per heavy atom. The van der Waals surface area contributed by atoms with Gasteiger partial charge < -0.3 is 15.6 Å². The van der Waals surface area contributed by atoms with Crippen molar-refractivity contribution >= 4 is 27.6 Å². The maximum atomic E-state index is 12.9. The highest BCUT2D eigenvalue weighted by atomic mass is 79.9. The fourth-order valence-corrected chi connectivity index (χ4v) is 1.92. The molecular weight excluding hydrogens is 317 g/mol. The molecule has 0 heterocycles. The monoisotopic (exact) mass is 325 g/mol. The van der Waals surface area contributed by atoms with E-state index in [-0.39, 0.29) is 17.1 Å². The number of carboxylic acids is 1. The molecule has 0 aromatic heterocycles. The third-order valence-corrected chi connectivity index (χ3v) is 2.99. The second-order valence-electron chi connectivity index (χ2n) is 3.73. The van der Waals surface area contributed by atoms with Crippen LogP contribution in [0.4, 0.5) is 10.1 Å².